The molecule has 0 aliphatic rings. The molecule has 6 nitrogen and oxygen atoms in total. The molecule has 0 saturated heterocycles. The third kappa shape index (κ3) is 7.46. The topological polar surface area (TPSA) is 79.5 Å². The van der Waals surface area contributed by atoms with Crippen LogP contribution in [0.25, 0.3) is 0 Å². The molecule has 182 valence electrons. The normalized spacial score (nSPS) is 10.4. The summed E-state index contributed by atoms with van der Waals surface area (Å²) in [6, 6.07) is 32.2. The number of rotatable bonds is 10. The van der Waals surface area contributed by atoms with Crippen molar-refractivity contribution < 1.29 is 14.3 Å². The van der Waals surface area contributed by atoms with Crippen molar-refractivity contribution in [2.75, 3.05) is 29.1 Å². The van der Waals surface area contributed by atoms with Gasteiger partial charge in [-0.25, -0.2) is 0 Å². The van der Waals surface area contributed by atoms with Gasteiger partial charge in [-0.15, -0.1) is 0 Å². The lowest BCUT2D eigenvalue weighted by atomic mass is 10.1. The van der Waals surface area contributed by atoms with Gasteiger partial charge < -0.3 is 20.7 Å². The Morgan fingerprint density at radius 2 is 1.39 bits per heavy atom. The number of nitrogens with one attached hydrogen (secondary N) is 3. The third-order valence-corrected chi connectivity index (χ3v) is 5.52. The largest absolute Gasteiger partial charge is 0.493 e. The van der Waals surface area contributed by atoms with E-state index in [9.17, 15) is 9.59 Å². The molecule has 0 aromatic heterocycles. The summed E-state index contributed by atoms with van der Waals surface area (Å²) in [7, 11) is 0. The van der Waals surface area contributed by atoms with Gasteiger partial charge in [0, 0.05) is 29.0 Å². The molecule has 4 aromatic rings. The SMILES string of the molecule is Cc1cccc(C(=O)Nc2ccc(NCC(=O)Nc3ccc(OCCc4ccccc4)cc3)cc2)c1. The quantitative estimate of drug-likeness (QED) is 0.264. The van der Waals surface area contributed by atoms with E-state index in [2.05, 4.69) is 28.1 Å². The summed E-state index contributed by atoms with van der Waals surface area (Å²) in [5, 5.41) is 8.84. The zero-order valence-corrected chi connectivity index (χ0v) is 20.2. The highest BCUT2D eigenvalue weighted by molar-refractivity contribution is 6.04. The van der Waals surface area contributed by atoms with Crippen molar-refractivity contribution in [3.63, 3.8) is 0 Å². The standard InChI is InChI=1S/C30H29N3O3/c1-22-6-5-9-24(20-22)30(35)33-27-12-10-25(11-13-27)31-21-29(34)32-26-14-16-28(17-15-26)36-19-18-23-7-3-2-4-8-23/h2-17,20,31H,18-19,21H2,1H3,(H,32,34)(H,33,35). The van der Waals surface area contributed by atoms with Gasteiger partial charge in [-0.1, -0.05) is 48.0 Å². The van der Waals surface area contributed by atoms with Crippen LogP contribution in [0.1, 0.15) is 21.5 Å². The van der Waals surface area contributed by atoms with E-state index >= 15 is 0 Å². The second-order valence-corrected chi connectivity index (χ2v) is 8.41. The average Bonchev–Trinajstić information content (AvgIpc) is 2.90. The fraction of sp³-hybridized carbons (Fsp3) is 0.133. The van der Waals surface area contributed by atoms with Crippen LogP contribution in [-0.4, -0.2) is 25.0 Å². The van der Waals surface area contributed by atoms with E-state index in [0.717, 1.165) is 23.4 Å². The van der Waals surface area contributed by atoms with Crippen LogP contribution in [0.5, 0.6) is 5.75 Å². The average molecular weight is 480 g/mol. The highest BCUT2D eigenvalue weighted by Crippen LogP contribution is 2.17. The summed E-state index contributed by atoms with van der Waals surface area (Å²) in [6.45, 7) is 2.66. The van der Waals surface area contributed by atoms with Crippen LogP contribution in [0.2, 0.25) is 0 Å². The number of hydrogen-bond acceptors (Lipinski definition) is 4. The molecule has 0 spiro atoms. The predicted octanol–water partition coefficient (Wildman–Crippen LogP) is 5.92. The van der Waals surface area contributed by atoms with E-state index in [1.165, 1.54) is 5.56 Å². The zero-order chi connectivity index (χ0) is 25.2. The Bertz CT molecular complexity index is 1290. The van der Waals surface area contributed by atoms with Gasteiger partial charge in [0.15, 0.2) is 0 Å². The van der Waals surface area contributed by atoms with Gasteiger partial charge in [-0.3, -0.25) is 9.59 Å². The number of amides is 2. The number of benzene rings is 4. The first-order valence-electron chi connectivity index (χ1n) is 11.8. The van der Waals surface area contributed by atoms with Crippen LogP contribution in [-0.2, 0) is 11.2 Å². The van der Waals surface area contributed by atoms with Crippen molar-refractivity contribution in [2.24, 2.45) is 0 Å². The van der Waals surface area contributed by atoms with Gasteiger partial charge in [0.25, 0.3) is 5.91 Å². The monoisotopic (exact) mass is 479 g/mol. The number of carbonyl (C=O) groups is 2. The highest BCUT2D eigenvalue weighted by atomic mass is 16.5. The Morgan fingerprint density at radius 3 is 2.11 bits per heavy atom. The Labute approximate surface area is 211 Å². The van der Waals surface area contributed by atoms with E-state index in [0.29, 0.717) is 23.5 Å². The van der Waals surface area contributed by atoms with E-state index < -0.39 is 0 Å². The Hall–Kier alpha value is -4.58. The first-order chi connectivity index (χ1) is 17.5. The van der Waals surface area contributed by atoms with E-state index in [-0.39, 0.29) is 18.4 Å². The zero-order valence-electron chi connectivity index (χ0n) is 20.2. The van der Waals surface area contributed by atoms with Crippen LogP contribution >= 0.6 is 0 Å². The summed E-state index contributed by atoms with van der Waals surface area (Å²) < 4.78 is 5.79. The lowest BCUT2D eigenvalue weighted by molar-refractivity contribution is -0.114. The lowest BCUT2D eigenvalue weighted by Crippen LogP contribution is -2.21. The highest BCUT2D eigenvalue weighted by Gasteiger charge is 2.07. The molecule has 0 saturated carbocycles. The van der Waals surface area contributed by atoms with Crippen molar-refractivity contribution in [2.45, 2.75) is 13.3 Å². The Kier molecular flexibility index (Phi) is 8.33. The van der Waals surface area contributed by atoms with Gasteiger partial charge >= 0.3 is 0 Å². The van der Waals surface area contributed by atoms with Crippen molar-refractivity contribution in [3.05, 3.63) is 120 Å². The molecule has 4 rings (SSSR count). The first-order valence-corrected chi connectivity index (χ1v) is 11.8. The van der Waals surface area contributed by atoms with Crippen LogP contribution in [0, 0.1) is 6.92 Å². The van der Waals surface area contributed by atoms with Gasteiger partial charge in [0.2, 0.25) is 5.91 Å². The molecule has 0 fully saturated rings. The molecule has 0 unspecified atom stereocenters. The maximum Gasteiger partial charge on any atom is 0.255 e. The molecule has 0 atom stereocenters. The summed E-state index contributed by atoms with van der Waals surface area (Å²) in [4.78, 5) is 24.7. The van der Waals surface area contributed by atoms with Crippen molar-refractivity contribution >= 4 is 28.9 Å². The minimum Gasteiger partial charge on any atom is -0.493 e. The molecule has 6 heteroatoms. The Morgan fingerprint density at radius 1 is 0.722 bits per heavy atom. The molecule has 0 aliphatic carbocycles. The molecule has 2 amide bonds. The molecule has 3 N–H and O–H groups in total. The molecular weight excluding hydrogens is 450 g/mol. The van der Waals surface area contributed by atoms with Crippen molar-refractivity contribution in [1.82, 2.24) is 0 Å². The predicted molar refractivity (Wildman–Crippen MR) is 145 cm³/mol. The number of aryl methyl sites for hydroxylation is 1. The van der Waals surface area contributed by atoms with Gasteiger partial charge in [0.1, 0.15) is 5.75 Å². The lowest BCUT2D eigenvalue weighted by Gasteiger charge is -2.10. The minimum absolute atomic E-state index is 0.115. The van der Waals surface area contributed by atoms with E-state index in [1.807, 2.05) is 79.7 Å². The third-order valence-electron chi connectivity index (χ3n) is 5.52. The molecule has 0 aliphatic heterocycles. The summed E-state index contributed by atoms with van der Waals surface area (Å²) >= 11 is 0. The van der Waals surface area contributed by atoms with Crippen LogP contribution in [0.15, 0.2) is 103 Å². The summed E-state index contributed by atoms with van der Waals surface area (Å²) in [6.07, 6.45) is 0.838. The van der Waals surface area contributed by atoms with Gasteiger partial charge in [0.05, 0.1) is 13.2 Å². The fourth-order valence-corrected chi connectivity index (χ4v) is 3.61. The van der Waals surface area contributed by atoms with E-state index in [1.54, 1.807) is 18.2 Å². The number of carbonyl (C=O) groups excluding carboxylic acids is 2. The fourth-order valence-electron chi connectivity index (χ4n) is 3.61. The molecule has 36 heavy (non-hydrogen) atoms. The summed E-state index contributed by atoms with van der Waals surface area (Å²) in [5.74, 6) is 0.438. The van der Waals surface area contributed by atoms with Crippen LogP contribution in [0.3, 0.4) is 0 Å². The van der Waals surface area contributed by atoms with Crippen LogP contribution in [0.4, 0.5) is 17.1 Å². The van der Waals surface area contributed by atoms with Crippen molar-refractivity contribution in [3.8, 4) is 5.75 Å². The number of hydrogen-bond donors (Lipinski definition) is 3. The molecule has 0 bridgehead atoms. The molecule has 0 heterocycles. The molecule has 4 aromatic carbocycles. The molecule has 0 radical (unpaired) electrons. The number of ether oxygens (including phenoxy) is 1. The second kappa shape index (κ2) is 12.2. The Balaban J connectivity index is 1.19. The minimum atomic E-state index is -0.162. The van der Waals surface area contributed by atoms with E-state index in [4.69, 9.17) is 4.74 Å². The van der Waals surface area contributed by atoms with Crippen LogP contribution < -0.4 is 20.7 Å². The second-order valence-electron chi connectivity index (χ2n) is 8.41. The first kappa shape index (κ1) is 24.5. The number of anilines is 3. The molecular formula is C30H29N3O3. The maximum absolute atomic E-state index is 12.4. The van der Waals surface area contributed by atoms with Gasteiger partial charge in [-0.2, -0.15) is 0 Å². The van der Waals surface area contributed by atoms with Gasteiger partial charge in [-0.05, 0) is 73.2 Å². The maximum atomic E-state index is 12.4. The van der Waals surface area contributed by atoms with Crippen molar-refractivity contribution in [1.29, 1.82) is 0 Å². The summed E-state index contributed by atoms with van der Waals surface area (Å²) in [5.41, 5.74) is 5.04. The smallest absolute Gasteiger partial charge is 0.255 e.